The maximum absolute atomic E-state index is 6.20. The second-order valence-electron chi connectivity index (χ2n) is 5.74. The Morgan fingerprint density at radius 2 is 2.00 bits per heavy atom. The minimum absolute atomic E-state index is 0.487. The monoisotopic (exact) mass is 224 g/mol. The SMILES string of the molecule is CCC1CCCCCN1CCC(N)C1CC1. The normalized spacial score (nSPS) is 30.0. The van der Waals surface area contributed by atoms with Crippen LogP contribution in [0.25, 0.3) is 0 Å². The fraction of sp³-hybridized carbons (Fsp3) is 1.00. The highest BCUT2D eigenvalue weighted by Gasteiger charge is 2.29. The molecule has 1 saturated heterocycles. The van der Waals surface area contributed by atoms with E-state index in [0.717, 1.165) is 12.0 Å². The van der Waals surface area contributed by atoms with Crippen molar-refractivity contribution < 1.29 is 0 Å². The lowest BCUT2D eigenvalue weighted by Crippen LogP contribution is -2.38. The van der Waals surface area contributed by atoms with Gasteiger partial charge in [-0.15, -0.1) is 0 Å². The number of nitrogens with zero attached hydrogens (tertiary/aromatic N) is 1. The fourth-order valence-corrected chi connectivity index (χ4v) is 3.07. The van der Waals surface area contributed by atoms with Crippen molar-refractivity contribution in [3.05, 3.63) is 0 Å². The van der Waals surface area contributed by atoms with Gasteiger partial charge in [0.1, 0.15) is 0 Å². The fourth-order valence-electron chi connectivity index (χ4n) is 3.07. The van der Waals surface area contributed by atoms with Crippen LogP contribution in [0.5, 0.6) is 0 Å². The summed E-state index contributed by atoms with van der Waals surface area (Å²) in [6, 6.07) is 1.33. The molecule has 16 heavy (non-hydrogen) atoms. The molecule has 1 aliphatic carbocycles. The van der Waals surface area contributed by atoms with Gasteiger partial charge in [0.2, 0.25) is 0 Å². The number of likely N-dealkylation sites (tertiary alicyclic amines) is 1. The summed E-state index contributed by atoms with van der Waals surface area (Å²) in [4.78, 5) is 2.72. The van der Waals surface area contributed by atoms with Gasteiger partial charge in [0, 0.05) is 12.1 Å². The third-order valence-electron chi connectivity index (χ3n) is 4.45. The van der Waals surface area contributed by atoms with Crippen LogP contribution in [0, 0.1) is 5.92 Å². The number of hydrogen-bond donors (Lipinski definition) is 1. The molecule has 0 aromatic rings. The molecule has 0 radical (unpaired) electrons. The number of hydrogen-bond acceptors (Lipinski definition) is 2. The van der Waals surface area contributed by atoms with Crippen LogP contribution in [0.4, 0.5) is 0 Å². The summed E-state index contributed by atoms with van der Waals surface area (Å²) < 4.78 is 0. The number of nitrogens with two attached hydrogens (primary N) is 1. The molecule has 0 aromatic carbocycles. The van der Waals surface area contributed by atoms with E-state index in [-0.39, 0.29) is 0 Å². The van der Waals surface area contributed by atoms with Gasteiger partial charge in [-0.25, -0.2) is 0 Å². The number of rotatable bonds is 5. The van der Waals surface area contributed by atoms with E-state index in [4.69, 9.17) is 5.73 Å². The van der Waals surface area contributed by atoms with E-state index in [2.05, 4.69) is 11.8 Å². The van der Waals surface area contributed by atoms with Crippen molar-refractivity contribution in [1.82, 2.24) is 4.90 Å². The molecule has 2 unspecified atom stereocenters. The summed E-state index contributed by atoms with van der Waals surface area (Å²) in [5.74, 6) is 0.868. The van der Waals surface area contributed by atoms with Crippen molar-refractivity contribution in [1.29, 1.82) is 0 Å². The van der Waals surface area contributed by atoms with Gasteiger partial charge in [-0.2, -0.15) is 0 Å². The second kappa shape index (κ2) is 6.02. The van der Waals surface area contributed by atoms with Gasteiger partial charge in [0.25, 0.3) is 0 Å². The Bertz CT molecular complexity index is 201. The molecule has 1 heterocycles. The van der Waals surface area contributed by atoms with Crippen LogP contribution in [-0.2, 0) is 0 Å². The Balaban J connectivity index is 1.75. The first kappa shape index (κ1) is 12.4. The average molecular weight is 224 g/mol. The van der Waals surface area contributed by atoms with Crippen molar-refractivity contribution in [3.63, 3.8) is 0 Å². The van der Waals surface area contributed by atoms with Gasteiger partial charge < -0.3 is 10.6 Å². The second-order valence-corrected chi connectivity index (χ2v) is 5.74. The summed E-state index contributed by atoms with van der Waals surface area (Å²) in [6.07, 6.45) is 11.0. The van der Waals surface area contributed by atoms with E-state index in [0.29, 0.717) is 6.04 Å². The lowest BCUT2D eigenvalue weighted by molar-refractivity contribution is 0.186. The minimum atomic E-state index is 0.487. The maximum Gasteiger partial charge on any atom is 0.00926 e. The topological polar surface area (TPSA) is 29.3 Å². The van der Waals surface area contributed by atoms with Gasteiger partial charge in [-0.3, -0.25) is 0 Å². The standard InChI is InChI=1S/C14H28N2/c1-2-13-6-4-3-5-10-16(13)11-9-14(15)12-7-8-12/h12-14H,2-11,15H2,1H3. The van der Waals surface area contributed by atoms with E-state index in [1.54, 1.807) is 0 Å². The predicted octanol–water partition coefficient (Wildman–Crippen LogP) is 2.77. The summed E-state index contributed by atoms with van der Waals surface area (Å²) in [5, 5.41) is 0. The van der Waals surface area contributed by atoms with Gasteiger partial charge >= 0.3 is 0 Å². The lowest BCUT2D eigenvalue weighted by atomic mass is 10.1. The van der Waals surface area contributed by atoms with Crippen LogP contribution in [-0.4, -0.2) is 30.1 Å². The molecule has 2 fully saturated rings. The van der Waals surface area contributed by atoms with E-state index >= 15 is 0 Å². The largest absolute Gasteiger partial charge is 0.327 e. The highest BCUT2D eigenvalue weighted by Crippen LogP contribution is 2.33. The van der Waals surface area contributed by atoms with Crippen molar-refractivity contribution >= 4 is 0 Å². The zero-order valence-electron chi connectivity index (χ0n) is 10.8. The molecule has 94 valence electrons. The first-order valence-corrected chi connectivity index (χ1v) is 7.31. The first-order chi connectivity index (χ1) is 7.81. The molecule has 2 nitrogen and oxygen atoms in total. The van der Waals surface area contributed by atoms with Crippen LogP contribution >= 0.6 is 0 Å². The third-order valence-corrected chi connectivity index (χ3v) is 4.45. The quantitative estimate of drug-likeness (QED) is 0.778. The van der Waals surface area contributed by atoms with Gasteiger partial charge in [0.05, 0.1) is 0 Å². The van der Waals surface area contributed by atoms with E-state index in [9.17, 15) is 0 Å². The highest BCUT2D eigenvalue weighted by atomic mass is 15.2. The van der Waals surface area contributed by atoms with Crippen molar-refractivity contribution in [3.8, 4) is 0 Å². The van der Waals surface area contributed by atoms with Crippen LogP contribution < -0.4 is 5.73 Å². The Labute approximate surface area is 101 Å². The average Bonchev–Trinajstić information content (AvgIpc) is 3.12. The Morgan fingerprint density at radius 3 is 2.69 bits per heavy atom. The van der Waals surface area contributed by atoms with Gasteiger partial charge in [-0.05, 0) is 57.5 Å². The van der Waals surface area contributed by atoms with Crippen molar-refractivity contribution in [2.45, 2.75) is 70.4 Å². The van der Waals surface area contributed by atoms with Crippen LogP contribution in [0.2, 0.25) is 0 Å². The van der Waals surface area contributed by atoms with Crippen molar-refractivity contribution in [2.24, 2.45) is 11.7 Å². The van der Waals surface area contributed by atoms with E-state index < -0.39 is 0 Å². The van der Waals surface area contributed by atoms with E-state index in [1.807, 2.05) is 0 Å². The molecule has 0 aromatic heterocycles. The van der Waals surface area contributed by atoms with Crippen LogP contribution in [0.3, 0.4) is 0 Å². The van der Waals surface area contributed by atoms with Gasteiger partial charge in [0.15, 0.2) is 0 Å². The van der Waals surface area contributed by atoms with E-state index in [1.165, 1.54) is 64.5 Å². The Kier molecular flexibility index (Phi) is 4.66. The molecule has 2 heteroatoms. The molecular weight excluding hydrogens is 196 g/mol. The molecule has 2 rings (SSSR count). The smallest absolute Gasteiger partial charge is 0.00926 e. The van der Waals surface area contributed by atoms with Crippen LogP contribution in [0.15, 0.2) is 0 Å². The summed E-state index contributed by atoms with van der Waals surface area (Å²) in [5.41, 5.74) is 6.20. The highest BCUT2D eigenvalue weighted by molar-refractivity contribution is 4.85. The molecule has 0 bridgehead atoms. The minimum Gasteiger partial charge on any atom is -0.327 e. The zero-order valence-corrected chi connectivity index (χ0v) is 10.8. The lowest BCUT2D eigenvalue weighted by Gasteiger charge is -2.30. The molecule has 0 spiro atoms. The third kappa shape index (κ3) is 3.46. The van der Waals surface area contributed by atoms with Crippen molar-refractivity contribution in [2.75, 3.05) is 13.1 Å². The summed E-state index contributed by atoms with van der Waals surface area (Å²) >= 11 is 0. The molecule has 1 saturated carbocycles. The Hall–Kier alpha value is -0.0800. The Morgan fingerprint density at radius 1 is 1.19 bits per heavy atom. The molecule has 2 N–H and O–H groups in total. The maximum atomic E-state index is 6.20. The molecule has 1 aliphatic heterocycles. The molecular formula is C14H28N2. The zero-order chi connectivity index (χ0) is 11.4. The molecule has 0 amide bonds. The molecule has 2 aliphatic rings. The van der Waals surface area contributed by atoms with Gasteiger partial charge in [-0.1, -0.05) is 19.8 Å². The first-order valence-electron chi connectivity index (χ1n) is 7.31. The summed E-state index contributed by atoms with van der Waals surface area (Å²) in [7, 11) is 0. The predicted molar refractivity (Wildman–Crippen MR) is 69.4 cm³/mol. The summed E-state index contributed by atoms with van der Waals surface area (Å²) in [6.45, 7) is 4.90. The molecule has 2 atom stereocenters. The van der Waals surface area contributed by atoms with Crippen LogP contribution in [0.1, 0.15) is 58.3 Å².